The molecule has 1 aromatic carbocycles. The lowest BCUT2D eigenvalue weighted by Gasteiger charge is -2.44. The second kappa shape index (κ2) is 8.97. The van der Waals surface area contributed by atoms with E-state index in [-0.39, 0.29) is 30.8 Å². The van der Waals surface area contributed by atoms with Crippen molar-refractivity contribution in [3.05, 3.63) is 33.8 Å². The monoisotopic (exact) mass is 430 g/mol. The van der Waals surface area contributed by atoms with Gasteiger partial charge in [0, 0.05) is 32.4 Å². The van der Waals surface area contributed by atoms with Gasteiger partial charge in [-0.25, -0.2) is 4.79 Å². The van der Waals surface area contributed by atoms with E-state index in [0.717, 1.165) is 5.56 Å². The molecule has 0 aromatic heterocycles. The summed E-state index contributed by atoms with van der Waals surface area (Å²) < 4.78 is 11.5. The summed E-state index contributed by atoms with van der Waals surface area (Å²) >= 11 is 11.9. The van der Waals surface area contributed by atoms with Crippen molar-refractivity contribution in [3.63, 3.8) is 0 Å². The van der Waals surface area contributed by atoms with Crippen molar-refractivity contribution < 1.29 is 24.2 Å². The molecule has 1 aliphatic carbocycles. The largest absolute Gasteiger partial charge is 0.465 e. The number of hydrogen-bond donors (Lipinski definition) is 2. The topological polar surface area (TPSA) is 88.1 Å². The zero-order chi connectivity index (χ0) is 20.3. The summed E-state index contributed by atoms with van der Waals surface area (Å²) in [5, 5.41) is 13.5. The minimum atomic E-state index is -1.02. The lowest BCUT2D eigenvalue weighted by atomic mass is 9.84. The first-order valence-electron chi connectivity index (χ1n) is 9.22. The number of halogens is 2. The fourth-order valence-corrected chi connectivity index (χ4v) is 4.18. The van der Waals surface area contributed by atoms with Crippen molar-refractivity contribution in [2.24, 2.45) is 0 Å². The normalized spacial score (nSPS) is 23.7. The number of nitrogens with one attached hydrogen (secondary N) is 1. The molecule has 1 heterocycles. The number of carbonyl (C=O) groups is 2. The van der Waals surface area contributed by atoms with Gasteiger partial charge in [-0.15, -0.1) is 0 Å². The summed E-state index contributed by atoms with van der Waals surface area (Å²) in [4.78, 5) is 25.2. The third-order valence-corrected chi connectivity index (χ3v) is 6.12. The van der Waals surface area contributed by atoms with Gasteiger partial charge in [-0.1, -0.05) is 29.3 Å². The highest BCUT2D eigenvalue weighted by Crippen LogP contribution is 2.37. The van der Waals surface area contributed by atoms with Gasteiger partial charge < -0.3 is 24.8 Å². The van der Waals surface area contributed by atoms with Crippen molar-refractivity contribution in [1.29, 1.82) is 0 Å². The molecule has 1 aliphatic heterocycles. The smallest absolute Gasteiger partial charge is 0.407 e. The van der Waals surface area contributed by atoms with Gasteiger partial charge in [0.05, 0.1) is 35.8 Å². The highest BCUT2D eigenvalue weighted by molar-refractivity contribution is 6.42. The van der Waals surface area contributed by atoms with Crippen LogP contribution in [0.2, 0.25) is 10.0 Å². The van der Waals surface area contributed by atoms with E-state index in [2.05, 4.69) is 5.32 Å². The van der Waals surface area contributed by atoms with Crippen LogP contribution in [0.25, 0.3) is 0 Å². The Bertz CT molecular complexity index is 739. The van der Waals surface area contributed by atoms with Gasteiger partial charge in [-0.3, -0.25) is 4.79 Å². The molecule has 1 aromatic rings. The molecule has 0 radical (unpaired) electrons. The Morgan fingerprint density at radius 3 is 2.64 bits per heavy atom. The summed E-state index contributed by atoms with van der Waals surface area (Å²) in [7, 11) is 1.53. The average molecular weight is 431 g/mol. The Balaban J connectivity index is 1.60. The molecule has 1 saturated heterocycles. The van der Waals surface area contributed by atoms with Crippen LogP contribution in [0.3, 0.4) is 0 Å². The van der Waals surface area contributed by atoms with Crippen molar-refractivity contribution >= 4 is 35.1 Å². The molecule has 7 nitrogen and oxygen atoms in total. The van der Waals surface area contributed by atoms with Gasteiger partial charge in [0.25, 0.3) is 0 Å². The molecule has 28 heavy (non-hydrogen) atoms. The molecular weight excluding hydrogens is 407 g/mol. The summed E-state index contributed by atoms with van der Waals surface area (Å²) in [6.07, 6.45) is 0.965. The molecule has 2 atom stereocenters. The van der Waals surface area contributed by atoms with Crippen molar-refractivity contribution in [1.82, 2.24) is 10.2 Å². The molecule has 0 unspecified atom stereocenters. The maximum Gasteiger partial charge on any atom is 0.407 e. The highest BCUT2D eigenvalue weighted by Gasteiger charge is 2.47. The molecule has 1 amide bonds. The van der Waals surface area contributed by atoms with E-state index in [0.29, 0.717) is 42.5 Å². The molecule has 2 fully saturated rings. The first-order valence-corrected chi connectivity index (χ1v) is 9.98. The summed E-state index contributed by atoms with van der Waals surface area (Å²) in [6.45, 7) is 1.18. The van der Waals surface area contributed by atoms with Crippen LogP contribution in [0.5, 0.6) is 0 Å². The summed E-state index contributed by atoms with van der Waals surface area (Å²) in [6, 6.07) is 4.62. The fourth-order valence-electron chi connectivity index (χ4n) is 3.86. The van der Waals surface area contributed by atoms with Gasteiger partial charge in [0.15, 0.2) is 11.6 Å². The molecular formula is C19H24Cl2N2O5. The van der Waals surface area contributed by atoms with Crippen LogP contribution in [-0.2, 0) is 20.7 Å². The second-order valence-corrected chi connectivity index (χ2v) is 8.08. The standard InChI is InChI=1S/C19H24Cl2N2O5/c1-23(18(25)26)17-10-19(27-6-7-28-19)5-4-16(17)22-11-13(24)8-12-2-3-14(20)15(21)9-12/h2-3,9,16-17,22H,4-8,10-11H2,1H3,(H,25,26)/t16-,17-/m1/s1. The van der Waals surface area contributed by atoms with Crippen LogP contribution in [0.15, 0.2) is 18.2 Å². The van der Waals surface area contributed by atoms with Crippen LogP contribution >= 0.6 is 23.2 Å². The molecule has 0 bridgehead atoms. The number of likely N-dealkylation sites (N-methyl/N-ethyl adjacent to an activating group) is 1. The van der Waals surface area contributed by atoms with Crippen LogP contribution in [0, 0.1) is 0 Å². The minimum Gasteiger partial charge on any atom is -0.465 e. The zero-order valence-corrected chi connectivity index (χ0v) is 17.1. The summed E-state index contributed by atoms with van der Waals surface area (Å²) in [5.74, 6) is -0.722. The zero-order valence-electron chi connectivity index (χ0n) is 15.6. The second-order valence-electron chi connectivity index (χ2n) is 7.26. The van der Waals surface area contributed by atoms with E-state index in [1.807, 2.05) is 0 Å². The van der Waals surface area contributed by atoms with E-state index in [9.17, 15) is 14.7 Å². The molecule has 2 aliphatic rings. The molecule has 1 saturated carbocycles. The Labute approximate surface area is 173 Å². The van der Waals surface area contributed by atoms with Gasteiger partial charge in [-0.05, 0) is 24.1 Å². The van der Waals surface area contributed by atoms with Crippen LogP contribution in [0.4, 0.5) is 4.79 Å². The van der Waals surface area contributed by atoms with Crippen LogP contribution in [0.1, 0.15) is 24.8 Å². The molecule has 154 valence electrons. The average Bonchev–Trinajstić information content (AvgIpc) is 3.11. The lowest BCUT2D eigenvalue weighted by molar-refractivity contribution is -0.190. The third kappa shape index (κ3) is 4.96. The number of carboxylic acid groups (broad SMARTS) is 1. The van der Waals surface area contributed by atoms with Gasteiger partial charge >= 0.3 is 6.09 Å². The van der Waals surface area contributed by atoms with E-state index < -0.39 is 11.9 Å². The van der Waals surface area contributed by atoms with Gasteiger partial charge in [0.1, 0.15) is 0 Å². The Morgan fingerprint density at radius 1 is 1.29 bits per heavy atom. The number of benzene rings is 1. The van der Waals surface area contributed by atoms with Crippen molar-refractivity contribution in [2.75, 3.05) is 26.8 Å². The maximum absolute atomic E-state index is 12.4. The number of amides is 1. The quantitative estimate of drug-likeness (QED) is 0.720. The Morgan fingerprint density at radius 2 is 2.00 bits per heavy atom. The number of hydrogen-bond acceptors (Lipinski definition) is 5. The van der Waals surface area contributed by atoms with Crippen molar-refractivity contribution in [3.8, 4) is 0 Å². The first-order chi connectivity index (χ1) is 13.3. The predicted molar refractivity (Wildman–Crippen MR) is 105 cm³/mol. The maximum atomic E-state index is 12.4. The Kier molecular flexibility index (Phi) is 6.83. The van der Waals surface area contributed by atoms with Gasteiger partial charge in [-0.2, -0.15) is 0 Å². The predicted octanol–water partition coefficient (Wildman–Crippen LogP) is 2.97. The molecule has 1 spiro atoms. The van der Waals surface area contributed by atoms with Gasteiger partial charge in [0.2, 0.25) is 0 Å². The summed E-state index contributed by atoms with van der Waals surface area (Å²) in [5.41, 5.74) is 0.788. The van der Waals surface area contributed by atoms with E-state index in [4.69, 9.17) is 32.7 Å². The van der Waals surface area contributed by atoms with E-state index in [1.54, 1.807) is 18.2 Å². The Hall–Kier alpha value is -1.38. The van der Waals surface area contributed by atoms with Crippen LogP contribution in [-0.4, -0.2) is 66.6 Å². The minimum absolute atomic E-state index is 0.0104. The lowest BCUT2D eigenvalue weighted by Crippen LogP contribution is -2.58. The molecule has 2 N–H and O–H groups in total. The third-order valence-electron chi connectivity index (χ3n) is 5.38. The first kappa shape index (κ1) is 21.3. The van der Waals surface area contributed by atoms with Crippen molar-refractivity contribution in [2.45, 2.75) is 43.6 Å². The number of rotatable bonds is 6. The fraction of sp³-hybridized carbons (Fsp3) is 0.579. The SMILES string of the molecule is CN(C(=O)O)[C@@H]1CC2(CC[C@H]1NCC(=O)Cc1ccc(Cl)c(Cl)c1)OCCO2. The highest BCUT2D eigenvalue weighted by atomic mass is 35.5. The number of carbonyl (C=O) groups excluding carboxylic acids is 1. The number of nitrogens with zero attached hydrogens (tertiary/aromatic N) is 1. The van der Waals surface area contributed by atoms with Crippen LogP contribution < -0.4 is 5.32 Å². The molecule has 3 rings (SSSR count). The number of Topliss-reactive ketones (excluding diaryl/α,β-unsaturated/α-hetero) is 1. The van der Waals surface area contributed by atoms with E-state index in [1.165, 1.54) is 11.9 Å². The molecule has 9 heteroatoms. The number of ether oxygens (including phenoxy) is 2. The van der Waals surface area contributed by atoms with E-state index >= 15 is 0 Å². The number of ketones is 1.